The SMILES string of the molecule is CCOc1ccc(OCCNC(=O)C[C@@H]2C[C@H]3CC[C@@H]2C3)cc1. The first-order valence-electron chi connectivity index (χ1n) is 8.87. The molecule has 1 amide bonds. The number of fused-ring (bicyclic) bond motifs is 2. The van der Waals surface area contributed by atoms with Crippen LogP contribution in [0.25, 0.3) is 0 Å². The van der Waals surface area contributed by atoms with E-state index in [1.54, 1.807) is 0 Å². The molecule has 0 radical (unpaired) electrons. The van der Waals surface area contributed by atoms with Crippen LogP contribution in [0.15, 0.2) is 24.3 Å². The van der Waals surface area contributed by atoms with Gasteiger partial charge in [0.1, 0.15) is 18.1 Å². The van der Waals surface area contributed by atoms with Gasteiger partial charge in [-0.25, -0.2) is 0 Å². The molecule has 1 aromatic carbocycles. The van der Waals surface area contributed by atoms with Gasteiger partial charge in [-0.2, -0.15) is 0 Å². The van der Waals surface area contributed by atoms with Gasteiger partial charge in [0, 0.05) is 6.42 Å². The van der Waals surface area contributed by atoms with Crippen molar-refractivity contribution in [3.8, 4) is 11.5 Å². The Morgan fingerprint density at radius 1 is 1.13 bits per heavy atom. The minimum atomic E-state index is 0.179. The smallest absolute Gasteiger partial charge is 0.220 e. The minimum absolute atomic E-state index is 0.179. The van der Waals surface area contributed by atoms with Crippen LogP contribution in [0.5, 0.6) is 11.5 Å². The molecule has 3 atom stereocenters. The molecule has 1 aromatic rings. The second-order valence-corrected chi connectivity index (χ2v) is 6.74. The highest BCUT2D eigenvalue weighted by atomic mass is 16.5. The number of amides is 1. The molecule has 0 spiro atoms. The molecule has 4 heteroatoms. The zero-order valence-corrected chi connectivity index (χ0v) is 13.9. The zero-order chi connectivity index (χ0) is 16.1. The maximum Gasteiger partial charge on any atom is 0.220 e. The van der Waals surface area contributed by atoms with Crippen LogP contribution in [0.2, 0.25) is 0 Å². The number of benzene rings is 1. The number of nitrogens with one attached hydrogen (secondary N) is 1. The van der Waals surface area contributed by atoms with Gasteiger partial charge in [0.25, 0.3) is 0 Å². The Bertz CT molecular complexity index is 514. The van der Waals surface area contributed by atoms with Gasteiger partial charge in [0.2, 0.25) is 5.91 Å². The Morgan fingerprint density at radius 2 is 1.87 bits per heavy atom. The molecule has 0 saturated heterocycles. The summed E-state index contributed by atoms with van der Waals surface area (Å²) in [4.78, 5) is 12.0. The molecule has 4 nitrogen and oxygen atoms in total. The van der Waals surface area contributed by atoms with Crippen molar-refractivity contribution < 1.29 is 14.3 Å². The van der Waals surface area contributed by atoms with E-state index in [2.05, 4.69) is 5.32 Å². The topological polar surface area (TPSA) is 47.6 Å². The van der Waals surface area contributed by atoms with E-state index in [0.717, 1.165) is 23.3 Å². The highest BCUT2D eigenvalue weighted by molar-refractivity contribution is 5.76. The second kappa shape index (κ2) is 7.71. The van der Waals surface area contributed by atoms with Crippen molar-refractivity contribution >= 4 is 5.91 Å². The second-order valence-electron chi connectivity index (χ2n) is 6.74. The maximum atomic E-state index is 12.0. The number of carbonyl (C=O) groups excluding carboxylic acids is 1. The lowest BCUT2D eigenvalue weighted by Gasteiger charge is -2.20. The first-order valence-corrected chi connectivity index (χ1v) is 8.87. The predicted molar refractivity (Wildman–Crippen MR) is 89.7 cm³/mol. The molecule has 3 rings (SSSR count). The largest absolute Gasteiger partial charge is 0.494 e. The van der Waals surface area contributed by atoms with Gasteiger partial charge in [0.05, 0.1) is 13.2 Å². The van der Waals surface area contributed by atoms with E-state index >= 15 is 0 Å². The number of ether oxygens (including phenoxy) is 2. The normalized spacial score (nSPS) is 25.3. The summed E-state index contributed by atoms with van der Waals surface area (Å²) in [6.45, 7) is 3.68. The van der Waals surface area contributed by atoms with Crippen molar-refractivity contribution in [3.05, 3.63) is 24.3 Å². The van der Waals surface area contributed by atoms with Crippen LogP contribution >= 0.6 is 0 Å². The Kier molecular flexibility index (Phi) is 5.42. The molecule has 0 aromatic heterocycles. The number of carbonyl (C=O) groups is 1. The van der Waals surface area contributed by atoms with E-state index in [1.807, 2.05) is 31.2 Å². The lowest BCUT2D eigenvalue weighted by molar-refractivity contribution is -0.122. The van der Waals surface area contributed by atoms with Gasteiger partial charge in [-0.1, -0.05) is 6.42 Å². The maximum absolute atomic E-state index is 12.0. The summed E-state index contributed by atoms with van der Waals surface area (Å²) >= 11 is 0. The molecule has 0 heterocycles. The molecule has 2 aliphatic rings. The Hall–Kier alpha value is -1.71. The van der Waals surface area contributed by atoms with Gasteiger partial charge in [-0.15, -0.1) is 0 Å². The molecule has 23 heavy (non-hydrogen) atoms. The number of rotatable bonds is 8. The molecule has 2 aliphatic carbocycles. The van der Waals surface area contributed by atoms with Crippen molar-refractivity contribution in [1.29, 1.82) is 0 Å². The molecule has 2 fully saturated rings. The van der Waals surface area contributed by atoms with Crippen LogP contribution in [0, 0.1) is 17.8 Å². The van der Waals surface area contributed by atoms with Crippen LogP contribution in [-0.2, 0) is 4.79 Å². The quantitative estimate of drug-likeness (QED) is 0.748. The summed E-state index contributed by atoms with van der Waals surface area (Å²) in [6, 6.07) is 7.57. The molecular weight excluding hydrogens is 290 g/mol. The third-order valence-electron chi connectivity index (χ3n) is 5.16. The Labute approximate surface area is 138 Å². The van der Waals surface area contributed by atoms with Gasteiger partial charge in [-0.05, 0) is 68.2 Å². The van der Waals surface area contributed by atoms with Crippen molar-refractivity contribution in [1.82, 2.24) is 5.32 Å². The molecule has 126 valence electrons. The molecule has 2 saturated carbocycles. The van der Waals surface area contributed by atoms with Crippen molar-refractivity contribution in [3.63, 3.8) is 0 Å². The van der Waals surface area contributed by atoms with E-state index in [0.29, 0.717) is 32.1 Å². The number of hydrogen-bond donors (Lipinski definition) is 1. The fourth-order valence-electron chi connectivity index (χ4n) is 4.09. The summed E-state index contributed by atoms with van der Waals surface area (Å²) < 4.78 is 11.0. The highest BCUT2D eigenvalue weighted by Crippen LogP contribution is 2.49. The summed E-state index contributed by atoms with van der Waals surface area (Å²) in [5.74, 6) is 4.17. The zero-order valence-electron chi connectivity index (χ0n) is 13.9. The van der Waals surface area contributed by atoms with E-state index in [1.165, 1.54) is 25.7 Å². The first kappa shape index (κ1) is 16.2. The van der Waals surface area contributed by atoms with Gasteiger partial charge in [-0.3, -0.25) is 4.79 Å². The van der Waals surface area contributed by atoms with Crippen molar-refractivity contribution in [2.24, 2.45) is 17.8 Å². The van der Waals surface area contributed by atoms with E-state index in [9.17, 15) is 4.79 Å². The third kappa shape index (κ3) is 4.40. The summed E-state index contributed by atoms with van der Waals surface area (Å²) in [5, 5.41) is 2.98. The molecule has 0 unspecified atom stereocenters. The fraction of sp³-hybridized carbons (Fsp3) is 0.632. The van der Waals surface area contributed by atoms with Crippen LogP contribution in [-0.4, -0.2) is 25.7 Å². The third-order valence-corrected chi connectivity index (χ3v) is 5.16. The first-order chi connectivity index (χ1) is 11.2. The fourth-order valence-corrected chi connectivity index (χ4v) is 4.09. The molecule has 2 bridgehead atoms. The minimum Gasteiger partial charge on any atom is -0.494 e. The van der Waals surface area contributed by atoms with Gasteiger partial charge >= 0.3 is 0 Å². The Balaban J connectivity index is 1.31. The Morgan fingerprint density at radius 3 is 2.48 bits per heavy atom. The summed E-state index contributed by atoms with van der Waals surface area (Å²) in [6.07, 6.45) is 6.05. The highest BCUT2D eigenvalue weighted by Gasteiger charge is 2.39. The molecule has 0 aliphatic heterocycles. The van der Waals surface area contributed by atoms with Gasteiger partial charge in [0.15, 0.2) is 0 Å². The lowest BCUT2D eigenvalue weighted by Crippen LogP contribution is -2.30. The molecular formula is C19H27NO3. The average molecular weight is 317 g/mol. The van der Waals surface area contributed by atoms with Crippen LogP contribution < -0.4 is 14.8 Å². The number of hydrogen-bond acceptors (Lipinski definition) is 3. The van der Waals surface area contributed by atoms with E-state index in [4.69, 9.17) is 9.47 Å². The van der Waals surface area contributed by atoms with Crippen LogP contribution in [0.1, 0.15) is 39.0 Å². The monoisotopic (exact) mass is 317 g/mol. The summed E-state index contributed by atoms with van der Waals surface area (Å²) in [5.41, 5.74) is 0. The van der Waals surface area contributed by atoms with Crippen LogP contribution in [0.4, 0.5) is 0 Å². The van der Waals surface area contributed by atoms with E-state index in [-0.39, 0.29) is 5.91 Å². The van der Waals surface area contributed by atoms with Gasteiger partial charge < -0.3 is 14.8 Å². The lowest BCUT2D eigenvalue weighted by atomic mass is 9.86. The standard InChI is InChI=1S/C19H27NO3/c1-2-22-17-5-7-18(8-6-17)23-10-9-20-19(21)13-16-12-14-3-4-15(16)11-14/h5-8,14-16H,2-4,9-13H2,1H3,(H,20,21)/t14-,15+,16-/m0/s1. The van der Waals surface area contributed by atoms with E-state index < -0.39 is 0 Å². The van der Waals surface area contributed by atoms with Crippen LogP contribution in [0.3, 0.4) is 0 Å². The van der Waals surface area contributed by atoms with Crippen molar-refractivity contribution in [2.75, 3.05) is 19.8 Å². The van der Waals surface area contributed by atoms with Crippen molar-refractivity contribution in [2.45, 2.75) is 39.0 Å². The average Bonchev–Trinajstić information content (AvgIpc) is 3.16. The summed E-state index contributed by atoms with van der Waals surface area (Å²) in [7, 11) is 0. The predicted octanol–water partition coefficient (Wildman–Crippen LogP) is 3.41. The molecule has 1 N–H and O–H groups in total.